The third-order valence-corrected chi connectivity index (χ3v) is 4.08. The maximum atomic E-state index is 12.2. The van der Waals surface area contributed by atoms with Crippen molar-refractivity contribution in [2.75, 3.05) is 0 Å². The highest BCUT2D eigenvalue weighted by Crippen LogP contribution is 2.25. The standard InChI is InChI=1S/C17H19BN4O4/c1-11-5-4-6-15(22-17(23)21(3)19-20-22)14(11)10-25-16-8-7-13(26-18-24)9-12(16)2/h4-9,18,24H,10H2,1-3H3. The third kappa shape index (κ3) is 3.47. The van der Waals surface area contributed by atoms with Gasteiger partial charge in [0.1, 0.15) is 18.1 Å². The molecule has 8 nitrogen and oxygen atoms in total. The van der Waals surface area contributed by atoms with Crippen LogP contribution in [0.4, 0.5) is 0 Å². The molecule has 0 unspecified atom stereocenters. The number of hydrogen-bond acceptors (Lipinski definition) is 6. The second-order valence-corrected chi connectivity index (χ2v) is 5.86. The van der Waals surface area contributed by atoms with E-state index in [1.807, 2.05) is 32.0 Å². The first-order chi connectivity index (χ1) is 12.5. The van der Waals surface area contributed by atoms with Gasteiger partial charge in [-0.1, -0.05) is 12.1 Å². The number of aryl methyl sites for hydroxylation is 3. The summed E-state index contributed by atoms with van der Waals surface area (Å²) in [6.45, 7) is 4.12. The Labute approximate surface area is 150 Å². The molecule has 3 aromatic rings. The van der Waals surface area contributed by atoms with Gasteiger partial charge in [0.25, 0.3) is 0 Å². The van der Waals surface area contributed by atoms with E-state index in [0.29, 0.717) is 17.2 Å². The van der Waals surface area contributed by atoms with Crippen LogP contribution in [-0.4, -0.2) is 32.5 Å². The van der Waals surface area contributed by atoms with E-state index in [9.17, 15) is 4.79 Å². The Kier molecular flexibility index (Phi) is 5.08. The molecule has 1 N–H and O–H groups in total. The largest absolute Gasteiger partial charge is 0.539 e. The van der Waals surface area contributed by atoms with Crippen molar-refractivity contribution in [3.63, 3.8) is 0 Å². The molecular formula is C17H19BN4O4. The third-order valence-electron chi connectivity index (χ3n) is 4.08. The van der Waals surface area contributed by atoms with Crippen molar-refractivity contribution >= 4 is 7.69 Å². The van der Waals surface area contributed by atoms with Crippen molar-refractivity contribution in [1.29, 1.82) is 0 Å². The average Bonchev–Trinajstić information content (AvgIpc) is 2.94. The van der Waals surface area contributed by atoms with Crippen molar-refractivity contribution in [2.24, 2.45) is 7.05 Å². The van der Waals surface area contributed by atoms with Crippen molar-refractivity contribution in [1.82, 2.24) is 19.8 Å². The van der Waals surface area contributed by atoms with Crippen molar-refractivity contribution < 1.29 is 14.4 Å². The fourth-order valence-corrected chi connectivity index (χ4v) is 2.64. The zero-order valence-corrected chi connectivity index (χ0v) is 14.8. The molecule has 26 heavy (non-hydrogen) atoms. The SMILES string of the molecule is Cc1cc(OBO)ccc1OCc1c(C)cccc1-n1nnn(C)c1=O. The Morgan fingerprint density at radius 3 is 2.62 bits per heavy atom. The lowest BCUT2D eigenvalue weighted by Gasteiger charge is -2.15. The van der Waals surface area contributed by atoms with E-state index in [4.69, 9.17) is 14.4 Å². The number of nitrogens with zero attached hydrogens (tertiary/aromatic N) is 4. The molecule has 0 saturated heterocycles. The topological polar surface area (TPSA) is 91.4 Å². The molecule has 1 aromatic heterocycles. The highest BCUT2D eigenvalue weighted by molar-refractivity contribution is 6.17. The number of tetrazole rings is 1. The van der Waals surface area contributed by atoms with Gasteiger partial charge in [0.15, 0.2) is 0 Å². The van der Waals surface area contributed by atoms with Crippen LogP contribution in [0.1, 0.15) is 16.7 Å². The molecule has 134 valence electrons. The molecule has 0 aliphatic heterocycles. The fraction of sp³-hybridized carbons (Fsp3) is 0.235. The van der Waals surface area contributed by atoms with Crippen LogP contribution in [0.15, 0.2) is 41.2 Å². The summed E-state index contributed by atoms with van der Waals surface area (Å²) in [5, 5.41) is 16.5. The second-order valence-electron chi connectivity index (χ2n) is 5.86. The van der Waals surface area contributed by atoms with Crippen LogP contribution in [0, 0.1) is 13.8 Å². The smallest absolute Gasteiger partial charge is 0.504 e. The monoisotopic (exact) mass is 354 g/mol. The number of aromatic nitrogens is 4. The van der Waals surface area contributed by atoms with Gasteiger partial charge in [-0.2, -0.15) is 9.36 Å². The Bertz CT molecular complexity index is 983. The maximum Gasteiger partial charge on any atom is 0.504 e. The lowest BCUT2D eigenvalue weighted by molar-refractivity contribution is 0.302. The van der Waals surface area contributed by atoms with E-state index < -0.39 is 0 Å². The van der Waals surface area contributed by atoms with E-state index >= 15 is 0 Å². The summed E-state index contributed by atoms with van der Waals surface area (Å²) in [5.74, 6) is 1.26. The van der Waals surface area contributed by atoms with Crippen molar-refractivity contribution in [3.8, 4) is 17.2 Å². The van der Waals surface area contributed by atoms with E-state index in [0.717, 1.165) is 16.7 Å². The predicted octanol–water partition coefficient (Wildman–Crippen LogP) is 0.799. The predicted molar refractivity (Wildman–Crippen MR) is 96.8 cm³/mol. The Morgan fingerprint density at radius 1 is 1.15 bits per heavy atom. The van der Waals surface area contributed by atoms with E-state index in [-0.39, 0.29) is 20.0 Å². The summed E-state index contributed by atoms with van der Waals surface area (Å²) in [4.78, 5) is 12.2. The molecule has 0 fully saturated rings. The second kappa shape index (κ2) is 7.44. The number of benzene rings is 2. The van der Waals surface area contributed by atoms with Gasteiger partial charge in [-0.05, 0) is 59.7 Å². The molecule has 0 saturated carbocycles. The summed E-state index contributed by atoms with van der Waals surface area (Å²) in [5.41, 5.74) is 3.03. The molecule has 0 atom stereocenters. The first-order valence-corrected chi connectivity index (χ1v) is 8.06. The molecule has 0 aliphatic rings. The van der Waals surface area contributed by atoms with Crippen LogP contribution in [-0.2, 0) is 13.7 Å². The van der Waals surface area contributed by atoms with Gasteiger partial charge in [0, 0.05) is 12.6 Å². The normalized spacial score (nSPS) is 10.6. The Balaban J connectivity index is 1.89. The van der Waals surface area contributed by atoms with Crippen LogP contribution in [0.2, 0.25) is 0 Å². The van der Waals surface area contributed by atoms with E-state index in [1.54, 1.807) is 25.2 Å². The molecule has 3 rings (SSSR count). The van der Waals surface area contributed by atoms with Gasteiger partial charge in [-0.3, -0.25) is 0 Å². The molecular weight excluding hydrogens is 335 g/mol. The zero-order chi connectivity index (χ0) is 18.7. The van der Waals surface area contributed by atoms with E-state index in [1.165, 1.54) is 9.36 Å². The lowest BCUT2D eigenvalue weighted by Crippen LogP contribution is -2.23. The molecule has 1 heterocycles. The number of ether oxygens (including phenoxy) is 1. The van der Waals surface area contributed by atoms with Crippen LogP contribution < -0.4 is 15.1 Å². The highest BCUT2D eigenvalue weighted by atomic mass is 16.5. The average molecular weight is 354 g/mol. The number of rotatable bonds is 6. The molecule has 0 radical (unpaired) electrons. The van der Waals surface area contributed by atoms with Crippen LogP contribution in [0.5, 0.6) is 11.5 Å². The lowest BCUT2D eigenvalue weighted by atomic mass is 10.1. The van der Waals surface area contributed by atoms with Crippen molar-refractivity contribution in [3.05, 3.63) is 63.6 Å². The quantitative estimate of drug-likeness (QED) is 0.659. The van der Waals surface area contributed by atoms with Gasteiger partial charge < -0.3 is 14.4 Å². The van der Waals surface area contributed by atoms with Crippen LogP contribution in [0.3, 0.4) is 0 Å². The summed E-state index contributed by atoms with van der Waals surface area (Å²) in [6.07, 6.45) is 0. The summed E-state index contributed by atoms with van der Waals surface area (Å²) in [6, 6.07) is 10.9. The van der Waals surface area contributed by atoms with Crippen molar-refractivity contribution in [2.45, 2.75) is 20.5 Å². The molecule has 0 aliphatic carbocycles. The minimum atomic E-state index is -0.376. The van der Waals surface area contributed by atoms with Gasteiger partial charge >= 0.3 is 13.4 Å². The maximum absolute atomic E-state index is 12.2. The van der Waals surface area contributed by atoms with Crippen LogP contribution in [0.25, 0.3) is 5.69 Å². The van der Waals surface area contributed by atoms with Gasteiger partial charge in [0.05, 0.1) is 5.69 Å². The zero-order valence-electron chi connectivity index (χ0n) is 14.8. The summed E-state index contributed by atoms with van der Waals surface area (Å²) >= 11 is 0. The number of hydrogen-bond donors (Lipinski definition) is 1. The molecule has 0 amide bonds. The first-order valence-electron chi connectivity index (χ1n) is 8.06. The minimum Gasteiger partial charge on any atom is -0.539 e. The first kappa shape index (κ1) is 17.7. The molecule has 2 aromatic carbocycles. The molecule has 0 spiro atoms. The Hall–Kier alpha value is -3.07. The molecule has 0 bridgehead atoms. The fourth-order valence-electron chi connectivity index (χ4n) is 2.64. The van der Waals surface area contributed by atoms with E-state index in [2.05, 4.69) is 10.4 Å². The highest BCUT2D eigenvalue weighted by Gasteiger charge is 2.14. The van der Waals surface area contributed by atoms with Gasteiger partial charge in [0.2, 0.25) is 0 Å². The summed E-state index contributed by atoms with van der Waals surface area (Å²) < 4.78 is 13.5. The molecule has 9 heteroatoms. The van der Waals surface area contributed by atoms with Gasteiger partial charge in [-0.25, -0.2) is 4.79 Å². The van der Waals surface area contributed by atoms with Gasteiger partial charge in [-0.15, -0.1) is 0 Å². The summed E-state index contributed by atoms with van der Waals surface area (Å²) in [7, 11) is 1.18. The van der Waals surface area contributed by atoms with Crippen LogP contribution >= 0.6 is 0 Å². The Morgan fingerprint density at radius 2 is 1.96 bits per heavy atom. The minimum absolute atomic E-state index is 0.270.